The molecule has 2 aromatic rings. The van der Waals surface area contributed by atoms with Crippen LogP contribution in [0.25, 0.3) is 0 Å². The van der Waals surface area contributed by atoms with Crippen molar-refractivity contribution in [2.75, 3.05) is 31.1 Å². The maximum atomic E-state index is 4.56. The van der Waals surface area contributed by atoms with Gasteiger partial charge in [0.2, 0.25) is 5.95 Å². The van der Waals surface area contributed by atoms with Crippen molar-refractivity contribution in [2.24, 2.45) is 7.05 Å². The zero-order valence-electron chi connectivity index (χ0n) is 15.7. The normalized spacial score (nSPS) is 20.3. The minimum atomic E-state index is 0.477. The molecule has 0 radical (unpaired) electrons. The van der Waals surface area contributed by atoms with E-state index in [0.717, 1.165) is 50.1 Å². The standard InChI is InChI=1S/C19H29N7/c1-24-17(15-25-11-4-2-3-5-12-25)22-23-18(24)16-7-13-26(14-8-16)19-20-9-6-10-21-19/h6,9-10,16H,2-5,7-8,11-15H2,1H3. The highest BCUT2D eigenvalue weighted by molar-refractivity contribution is 5.29. The summed E-state index contributed by atoms with van der Waals surface area (Å²) < 4.78 is 2.24. The molecule has 0 atom stereocenters. The van der Waals surface area contributed by atoms with Crippen molar-refractivity contribution in [2.45, 2.75) is 51.0 Å². The second-order valence-corrected chi connectivity index (χ2v) is 7.53. The third kappa shape index (κ3) is 3.87. The van der Waals surface area contributed by atoms with Crippen molar-refractivity contribution in [3.63, 3.8) is 0 Å². The first kappa shape index (κ1) is 17.4. The van der Waals surface area contributed by atoms with E-state index < -0.39 is 0 Å². The summed E-state index contributed by atoms with van der Waals surface area (Å²) in [5, 5.41) is 9.09. The largest absolute Gasteiger partial charge is 0.341 e. The van der Waals surface area contributed by atoms with Crippen LogP contribution in [0.1, 0.15) is 56.1 Å². The molecule has 0 saturated carbocycles. The van der Waals surface area contributed by atoms with E-state index in [1.807, 2.05) is 18.5 Å². The molecule has 26 heavy (non-hydrogen) atoms. The molecule has 0 unspecified atom stereocenters. The highest BCUT2D eigenvalue weighted by Gasteiger charge is 2.26. The number of likely N-dealkylation sites (tertiary alicyclic amines) is 1. The number of anilines is 1. The Kier molecular flexibility index (Phi) is 5.43. The molecule has 4 heterocycles. The molecule has 7 nitrogen and oxygen atoms in total. The summed E-state index contributed by atoms with van der Waals surface area (Å²) in [7, 11) is 2.13. The fourth-order valence-electron chi connectivity index (χ4n) is 4.16. The van der Waals surface area contributed by atoms with Gasteiger partial charge in [0, 0.05) is 38.4 Å². The Balaban J connectivity index is 1.37. The highest BCUT2D eigenvalue weighted by Crippen LogP contribution is 2.28. The van der Waals surface area contributed by atoms with Gasteiger partial charge in [-0.2, -0.15) is 0 Å². The molecule has 2 saturated heterocycles. The summed E-state index contributed by atoms with van der Waals surface area (Å²) in [5.74, 6) is 3.57. The van der Waals surface area contributed by atoms with Crippen LogP contribution in [0.15, 0.2) is 18.5 Å². The lowest BCUT2D eigenvalue weighted by atomic mass is 9.96. The van der Waals surface area contributed by atoms with Crippen LogP contribution in [0, 0.1) is 0 Å². The topological polar surface area (TPSA) is 63.0 Å². The maximum Gasteiger partial charge on any atom is 0.225 e. The van der Waals surface area contributed by atoms with E-state index in [0.29, 0.717) is 5.92 Å². The molecule has 2 fully saturated rings. The average molecular weight is 355 g/mol. The molecule has 0 bridgehead atoms. The fraction of sp³-hybridized carbons (Fsp3) is 0.684. The van der Waals surface area contributed by atoms with E-state index in [9.17, 15) is 0 Å². The van der Waals surface area contributed by atoms with Gasteiger partial charge in [-0.25, -0.2) is 9.97 Å². The summed E-state index contributed by atoms with van der Waals surface area (Å²) in [6.07, 6.45) is 11.1. The first-order valence-corrected chi connectivity index (χ1v) is 9.94. The predicted octanol–water partition coefficient (Wildman–Crippen LogP) is 2.37. The minimum Gasteiger partial charge on any atom is -0.341 e. The number of piperidine rings is 1. The summed E-state index contributed by atoms with van der Waals surface area (Å²) in [6.45, 7) is 5.27. The lowest BCUT2D eigenvalue weighted by Crippen LogP contribution is -2.34. The molecule has 7 heteroatoms. The Bertz CT molecular complexity index is 683. The van der Waals surface area contributed by atoms with E-state index >= 15 is 0 Å². The number of hydrogen-bond donors (Lipinski definition) is 0. The SMILES string of the molecule is Cn1c(CN2CCCCCC2)nnc1C1CCN(c2ncccn2)CC1. The molecule has 0 amide bonds. The summed E-state index contributed by atoms with van der Waals surface area (Å²) in [5.41, 5.74) is 0. The Hall–Kier alpha value is -2.02. The molecule has 0 aliphatic carbocycles. The second kappa shape index (κ2) is 8.12. The summed E-state index contributed by atoms with van der Waals surface area (Å²) in [6, 6.07) is 1.86. The zero-order valence-corrected chi connectivity index (χ0v) is 15.7. The van der Waals surface area contributed by atoms with Crippen LogP contribution in [0.3, 0.4) is 0 Å². The number of aromatic nitrogens is 5. The molecule has 0 N–H and O–H groups in total. The average Bonchev–Trinajstić information content (AvgIpc) is 2.88. The van der Waals surface area contributed by atoms with E-state index in [1.165, 1.54) is 38.8 Å². The van der Waals surface area contributed by atoms with Crippen molar-refractivity contribution in [1.29, 1.82) is 0 Å². The quantitative estimate of drug-likeness (QED) is 0.839. The van der Waals surface area contributed by atoms with Crippen molar-refractivity contribution in [1.82, 2.24) is 29.6 Å². The van der Waals surface area contributed by atoms with Gasteiger partial charge in [0.05, 0.1) is 6.54 Å². The first-order valence-electron chi connectivity index (χ1n) is 9.94. The van der Waals surface area contributed by atoms with E-state index in [4.69, 9.17) is 0 Å². The number of hydrogen-bond acceptors (Lipinski definition) is 6. The molecule has 2 aliphatic heterocycles. The van der Waals surface area contributed by atoms with Gasteiger partial charge in [0.15, 0.2) is 0 Å². The van der Waals surface area contributed by atoms with E-state index in [1.54, 1.807) is 0 Å². The van der Waals surface area contributed by atoms with Crippen LogP contribution in [-0.4, -0.2) is 55.8 Å². The zero-order chi connectivity index (χ0) is 17.8. The van der Waals surface area contributed by atoms with Crippen LogP contribution in [0.2, 0.25) is 0 Å². The van der Waals surface area contributed by atoms with Gasteiger partial charge >= 0.3 is 0 Å². The molecule has 4 rings (SSSR count). The van der Waals surface area contributed by atoms with Crippen molar-refractivity contribution in [3.8, 4) is 0 Å². The van der Waals surface area contributed by atoms with Gasteiger partial charge in [-0.15, -0.1) is 10.2 Å². The molecule has 140 valence electrons. The van der Waals surface area contributed by atoms with Crippen LogP contribution in [0.5, 0.6) is 0 Å². The predicted molar refractivity (Wildman–Crippen MR) is 101 cm³/mol. The van der Waals surface area contributed by atoms with Gasteiger partial charge in [0.1, 0.15) is 11.6 Å². The lowest BCUT2D eigenvalue weighted by Gasteiger charge is -2.31. The third-order valence-corrected chi connectivity index (χ3v) is 5.76. The summed E-state index contributed by atoms with van der Waals surface area (Å²) >= 11 is 0. The highest BCUT2D eigenvalue weighted by atomic mass is 15.3. The molecular weight excluding hydrogens is 326 g/mol. The van der Waals surface area contributed by atoms with Crippen molar-refractivity contribution in [3.05, 3.63) is 30.1 Å². The van der Waals surface area contributed by atoms with Gasteiger partial charge in [-0.1, -0.05) is 12.8 Å². The van der Waals surface area contributed by atoms with Gasteiger partial charge in [-0.05, 0) is 44.8 Å². The number of nitrogens with zero attached hydrogens (tertiary/aromatic N) is 7. The fourth-order valence-corrected chi connectivity index (χ4v) is 4.16. The first-order chi connectivity index (χ1) is 12.8. The van der Waals surface area contributed by atoms with Crippen LogP contribution in [0.4, 0.5) is 5.95 Å². The van der Waals surface area contributed by atoms with Gasteiger partial charge in [0.25, 0.3) is 0 Å². The Morgan fingerprint density at radius 2 is 1.62 bits per heavy atom. The molecule has 2 aliphatic rings. The van der Waals surface area contributed by atoms with Gasteiger partial charge < -0.3 is 9.47 Å². The number of rotatable bonds is 4. The van der Waals surface area contributed by atoms with Crippen molar-refractivity contribution >= 4 is 5.95 Å². The smallest absolute Gasteiger partial charge is 0.225 e. The Labute approximate surface area is 155 Å². The van der Waals surface area contributed by atoms with Crippen LogP contribution >= 0.6 is 0 Å². The second-order valence-electron chi connectivity index (χ2n) is 7.53. The Morgan fingerprint density at radius 3 is 2.31 bits per heavy atom. The molecule has 0 aromatic carbocycles. The molecule has 0 spiro atoms. The van der Waals surface area contributed by atoms with Crippen molar-refractivity contribution < 1.29 is 0 Å². The van der Waals surface area contributed by atoms with E-state index in [-0.39, 0.29) is 0 Å². The van der Waals surface area contributed by atoms with E-state index in [2.05, 4.69) is 41.6 Å². The Morgan fingerprint density at radius 1 is 0.923 bits per heavy atom. The molecule has 2 aromatic heterocycles. The van der Waals surface area contributed by atoms with Crippen LogP contribution < -0.4 is 4.90 Å². The third-order valence-electron chi connectivity index (χ3n) is 5.76. The lowest BCUT2D eigenvalue weighted by molar-refractivity contribution is 0.266. The summed E-state index contributed by atoms with van der Waals surface area (Å²) in [4.78, 5) is 13.5. The van der Waals surface area contributed by atoms with Crippen LogP contribution in [-0.2, 0) is 13.6 Å². The maximum absolute atomic E-state index is 4.56. The minimum absolute atomic E-state index is 0.477. The van der Waals surface area contributed by atoms with Gasteiger partial charge in [-0.3, -0.25) is 4.90 Å². The monoisotopic (exact) mass is 355 g/mol. The molecular formula is C19H29N7.